The van der Waals surface area contributed by atoms with Crippen molar-refractivity contribution in [2.24, 2.45) is 11.0 Å². The number of aromatic nitrogens is 1. The topological polar surface area (TPSA) is 76.1 Å². The van der Waals surface area contributed by atoms with Crippen LogP contribution in [0.5, 0.6) is 0 Å². The van der Waals surface area contributed by atoms with Crippen LogP contribution in [-0.2, 0) is 4.79 Å². The highest BCUT2D eigenvalue weighted by atomic mass is 32.1. The van der Waals surface area contributed by atoms with Crippen LogP contribution in [0, 0.1) is 5.92 Å². The molecule has 1 saturated heterocycles. The normalized spacial score (nSPS) is 24.4. The Labute approximate surface area is 182 Å². The van der Waals surface area contributed by atoms with Gasteiger partial charge < -0.3 is 5.32 Å². The molecular formula is C21H26F3N5OS+2. The van der Waals surface area contributed by atoms with Crippen molar-refractivity contribution in [1.29, 1.82) is 0 Å². The molecule has 2 aliphatic rings. The van der Waals surface area contributed by atoms with E-state index >= 15 is 0 Å². The Bertz CT molecular complexity index is 1020. The molecule has 1 aromatic carbocycles. The highest BCUT2D eigenvalue weighted by molar-refractivity contribution is 7.22. The highest BCUT2D eigenvalue weighted by Gasteiger charge is 2.52. The molecule has 10 heteroatoms. The van der Waals surface area contributed by atoms with E-state index in [-0.39, 0.29) is 22.3 Å². The third-order valence-electron chi connectivity index (χ3n) is 5.56. The smallest absolute Gasteiger partial charge is 0.337 e. The van der Waals surface area contributed by atoms with Crippen molar-refractivity contribution in [2.75, 3.05) is 5.01 Å². The summed E-state index contributed by atoms with van der Waals surface area (Å²) in [6, 6.07) is 7.12. The van der Waals surface area contributed by atoms with Gasteiger partial charge in [0.2, 0.25) is 5.13 Å². The molecule has 0 saturated carbocycles. The zero-order valence-electron chi connectivity index (χ0n) is 17.8. The maximum atomic E-state index is 13.7. The van der Waals surface area contributed by atoms with Crippen molar-refractivity contribution in [1.82, 2.24) is 4.98 Å². The molecule has 0 aliphatic carbocycles. The van der Waals surface area contributed by atoms with Gasteiger partial charge in [0.25, 0.3) is 5.91 Å². The monoisotopic (exact) mass is 453 g/mol. The van der Waals surface area contributed by atoms with Crippen LogP contribution in [0.2, 0.25) is 0 Å². The summed E-state index contributed by atoms with van der Waals surface area (Å²) in [5.41, 5.74) is -0.611. The molecule has 0 radical (unpaired) electrons. The third-order valence-corrected chi connectivity index (χ3v) is 6.57. The number of carbonyl (C=O) groups excluding carboxylic acids is 1. The molecule has 0 unspecified atom stereocenters. The second kappa shape index (κ2) is 7.37. The first-order valence-corrected chi connectivity index (χ1v) is 11.0. The number of amides is 1. The molecule has 0 bridgehead atoms. The zero-order valence-corrected chi connectivity index (χ0v) is 18.6. The van der Waals surface area contributed by atoms with Gasteiger partial charge in [0.1, 0.15) is 0 Å². The molecule has 31 heavy (non-hydrogen) atoms. The van der Waals surface area contributed by atoms with Crippen LogP contribution in [0.25, 0.3) is 10.2 Å². The molecule has 2 aliphatic heterocycles. The van der Waals surface area contributed by atoms with Crippen molar-refractivity contribution in [3.8, 4) is 0 Å². The van der Waals surface area contributed by atoms with Gasteiger partial charge in [-0.2, -0.15) is 23.3 Å². The van der Waals surface area contributed by atoms with Crippen LogP contribution >= 0.6 is 11.3 Å². The van der Waals surface area contributed by atoms with E-state index in [0.717, 1.165) is 33.9 Å². The molecular weight excluding hydrogens is 427 g/mol. The quantitative estimate of drug-likeness (QED) is 0.693. The average Bonchev–Trinajstić information content (AvgIpc) is 3.17. The lowest BCUT2D eigenvalue weighted by atomic mass is 9.80. The molecule has 1 fully saturated rings. The van der Waals surface area contributed by atoms with Gasteiger partial charge in [-0.05, 0) is 39.8 Å². The number of alkyl halides is 3. The van der Waals surface area contributed by atoms with Gasteiger partial charge in [0, 0.05) is 0 Å². The Morgan fingerprint density at radius 1 is 1.19 bits per heavy atom. The summed E-state index contributed by atoms with van der Waals surface area (Å²) in [6.45, 7) is 8.45. The average molecular weight is 454 g/mol. The molecule has 3 heterocycles. The number of para-hydroxylation sites is 1. The van der Waals surface area contributed by atoms with E-state index in [0.29, 0.717) is 5.52 Å². The molecule has 4 rings (SSSR count). The van der Waals surface area contributed by atoms with Crippen molar-refractivity contribution in [3.05, 3.63) is 24.3 Å². The highest BCUT2D eigenvalue weighted by Crippen LogP contribution is 2.35. The van der Waals surface area contributed by atoms with Gasteiger partial charge >= 0.3 is 6.18 Å². The first kappa shape index (κ1) is 21.9. The molecule has 1 aromatic heterocycles. The molecule has 0 spiro atoms. The number of nitrogens with zero attached hydrogens (tertiary/aromatic N) is 3. The zero-order chi connectivity index (χ0) is 22.6. The van der Waals surface area contributed by atoms with Crippen LogP contribution in [0.4, 0.5) is 18.3 Å². The van der Waals surface area contributed by atoms with E-state index in [1.807, 2.05) is 6.07 Å². The summed E-state index contributed by atoms with van der Waals surface area (Å²) in [4.78, 5) is 20.4. The van der Waals surface area contributed by atoms with E-state index in [4.69, 9.17) is 0 Å². The van der Waals surface area contributed by atoms with Crippen LogP contribution in [0.1, 0.15) is 40.5 Å². The van der Waals surface area contributed by atoms with E-state index in [2.05, 4.69) is 48.1 Å². The number of hydrogen-bond donors (Lipinski definition) is 2. The third kappa shape index (κ3) is 4.50. The SMILES string of the molecule is CC1(C)CC([NH+]=C[C@@H]2C(=O)N(c3nc4ccccc4s3)N=C2C(F)(F)F)CC(C)(C)[NH2+]1. The van der Waals surface area contributed by atoms with Crippen molar-refractivity contribution >= 4 is 44.5 Å². The van der Waals surface area contributed by atoms with Gasteiger partial charge in [0.15, 0.2) is 23.9 Å². The lowest BCUT2D eigenvalue weighted by Gasteiger charge is -2.39. The number of benzene rings is 1. The van der Waals surface area contributed by atoms with Gasteiger partial charge in [-0.25, -0.2) is 9.98 Å². The van der Waals surface area contributed by atoms with E-state index in [1.165, 1.54) is 6.21 Å². The van der Waals surface area contributed by atoms with Crippen LogP contribution < -0.4 is 15.3 Å². The summed E-state index contributed by atoms with van der Waals surface area (Å²) in [7, 11) is 0. The van der Waals surface area contributed by atoms with Gasteiger partial charge in [-0.1, -0.05) is 23.5 Å². The number of thiazole rings is 1. The number of nitrogens with two attached hydrogens (primary N) is 1. The first-order valence-electron chi connectivity index (χ1n) is 10.2. The van der Waals surface area contributed by atoms with Gasteiger partial charge in [-0.15, -0.1) is 0 Å². The maximum absolute atomic E-state index is 13.7. The Kier molecular flexibility index (Phi) is 5.20. The standard InChI is InChI=1S/C21H24F3N5OS/c1-19(2)9-12(10-20(3,4)28-19)25-11-13-16(21(22,23)24)27-29(17(13)30)18-26-14-7-5-6-8-15(14)31-18/h5-8,11-13,28H,9-10H2,1-4H3/p+2/t13-/m0/s1. The molecule has 166 valence electrons. The van der Waals surface area contributed by atoms with E-state index < -0.39 is 23.7 Å². The predicted molar refractivity (Wildman–Crippen MR) is 114 cm³/mol. The molecule has 6 nitrogen and oxygen atoms in total. The van der Waals surface area contributed by atoms with Crippen LogP contribution in [0.15, 0.2) is 29.4 Å². The summed E-state index contributed by atoms with van der Waals surface area (Å²) in [5.74, 6) is -2.26. The maximum Gasteiger partial charge on any atom is 0.432 e. The number of nitrogens with one attached hydrogen (secondary N) is 1. The van der Waals surface area contributed by atoms with Crippen molar-refractivity contribution in [3.63, 3.8) is 0 Å². The fourth-order valence-corrected chi connectivity index (χ4v) is 5.73. The number of piperidine rings is 1. The van der Waals surface area contributed by atoms with Gasteiger partial charge in [0.05, 0.1) is 34.1 Å². The lowest BCUT2D eigenvalue weighted by molar-refractivity contribution is -0.798. The molecule has 3 N–H and O–H groups in total. The van der Waals surface area contributed by atoms with Crippen LogP contribution in [-0.4, -0.2) is 46.1 Å². The molecule has 2 aromatic rings. The number of hydrazone groups is 1. The number of rotatable bonds is 3. The second-order valence-electron chi connectivity index (χ2n) is 9.63. The second-order valence-corrected chi connectivity index (χ2v) is 10.6. The Morgan fingerprint density at radius 2 is 1.84 bits per heavy atom. The Balaban J connectivity index is 1.63. The van der Waals surface area contributed by atoms with Gasteiger partial charge in [-0.3, -0.25) is 4.79 Å². The summed E-state index contributed by atoms with van der Waals surface area (Å²) < 4.78 is 41.9. The number of anilines is 1. The minimum atomic E-state index is -4.72. The van der Waals surface area contributed by atoms with Crippen LogP contribution in [0.3, 0.4) is 0 Å². The Hall–Kier alpha value is -2.33. The fraction of sp³-hybridized carbons (Fsp3) is 0.524. The number of hydrogen-bond acceptors (Lipinski definition) is 4. The number of quaternary nitrogens is 1. The Morgan fingerprint density at radius 3 is 2.45 bits per heavy atom. The number of halogens is 3. The van der Waals surface area contributed by atoms with Crippen molar-refractivity contribution < 1.29 is 28.3 Å². The molecule has 1 amide bonds. The van der Waals surface area contributed by atoms with E-state index in [9.17, 15) is 18.0 Å². The predicted octanol–water partition coefficient (Wildman–Crippen LogP) is 1.61. The number of carbonyl (C=O) groups is 1. The minimum absolute atomic E-state index is 0.0335. The fourth-order valence-electron chi connectivity index (χ4n) is 4.81. The van der Waals surface area contributed by atoms with Crippen molar-refractivity contribution in [2.45, 2.75) is 63.8 Å². The molecule has 1 atom stereocenters. The summed E-state index contributed by atoms with van der Waals surface area (Å²) in [6.07, 6.45) is -1.91. The minimum Gasteiger partial charge on any atom is -0.337 e. The summed E-state index contributed by atoms with van der Waals surface area (Å²) >= 11 is 1.14. The lowest BCUT2D eigenvalue weighted by Crippen LogP contribution is -3.08. The largest absolute Gasteiger partial charge is 0.432 e. The van der Waals surface area contributed by atoms with E-state index in [1.54, 1.807) is 18.2 Å². The first-order chi connectivity index (χ1) is 14.3. The number of fused-ring (bicyclic) bond motifs is 1. The summed E-state index contributed by atoms with van der Waals surface area (Å²) in [5, 5.41) is 6.87.